The lowest BCUT2D eigenvalue weighted by Gasteiger charge is -2.09. The van der Waals surface area contributed by atoms with Crippen molar-refractivity contribution >= 4 is 39.8 Å². The summed E-state index contributed by atoms with van der Waals surface area (Å²) in [6, 6.07) is 14.1. The summed E-state index contributed by atoms with van der Waals surface area (Å²) < 4.78 is 38.5. The van der Waals surface area contributed by atoms with Gasteiger partial charge in [-0.15, -0.1) is 0 Å². The second-order valence-electron chi connectivity index (χ2n) is 5.17. The summed E-state index contributed by atoms with van der Waals surface area (Å²) in [5.41, 5.74) is 2.67. The van der Waals surface area contributed by atoms with Crippen molar-refractivity contribution in [2.75, 3.05) is 11.9 Å². The van der Waals surface area contributed by atoms with Crippen molar-refractivity contribution in [3.8, 4) is 0 Å². The number of anilines is 1. The Labute approximate surface area is 156 Å². The molecule has 0 unspecified atom stereocenters. The Morgan fingerprint density at radius 1 is 1.12 bits per heavy atom. The summed E-state index contributed by atoms with van der Waals surface area (Å²) in [5.74, 6) is -0.487. The molecule has 0 heterocycles. The highest BCUT2D eigenvalue weighted by Crippen LogP contribution is 2.30. The number of halogens is 4. The minimum atomic E-state index is -4.43. The van der Waals surface area contributed by atoms with Crippen molar-refractivity contribution in [1.82, 2.24) is 5.43 Å². The van der Waals surface area contributed by atoms with Crippen LogP contribution in [0.5, 0.6) is 0 Å². The lowest BCUT2D eigenvalue weighted by Crippen LogP contribution is -2.25. The van der Waals surface area contributed by atoms with Crippen molar-refractivity contribution in [1.29, 1.82) is 0 Å². The van der Waals surface area contributed by atoms with Gasteiger partial charge in [0.05, 0.1) is 18.3 Å². The molecule has 1 amide bonds. The molecule has 2 N–H and O–H groups in total. The number of carbonyl (C=O) groups is 1. The van der Waals surface area contributed by atoms with E-state index in [1.165, 1.54) is 18.3 Å². The smallest absolute Gasteiger partial charge is 0.376 e. The van der Waals surface area contributed by atoms with Crippen LogP contribution in [0.15, 0.2) is 64.2 Å². The number of amides is 1. The lowest BCUT2D eigenvalue weighted by atomic mass is 10.2. The Morgan fingerprint density at radius 3 is 2.54 bits per heavy atom. The highest BCUT2D eigenvalue weighted by atomic mass is 79.9. The van der Waals surface area contributed by atoms with E-state index in [-0.39, 0.29) is 12.2 Å². The second-order valence-corrected chi connectivity index (χ2v) is 6.08. The van der Waals surface area contributed by atoms with E-state index < -0.39 is 17.6 Å². The molecule has 2 aromatic carbocycles. The van der Waals surface area contributed by atoms with Crippen LogP contribution < -0.4 is 10.7 Å². The molecule has 4 nitrogen and oxygen atoms in total. The lowest BCUT2D eigenvalue weighted by molar-refractivity contribution is -0.137. The second kappa shape index (κ2) is 9.19. The van der Waals surface area contributed by atoms with Gasteiger partial charge in [0.15, 0.2) is 0 Å². The van der Waals surface area contributed by atoms with Gasteiger partial charge >= 0.3 is 6.18 Å². The molecule has 0 aliphatic heterocycles. The average molecular weight is 426 g/mol. The average Bonchev–Trinajstić information content (AvgIpc) is 2.60. The quantitative estimate of drug-likeness (QED) is 0.522. The molecule has 0 saturated carbocycles. The molecule has 2 rings (SSSR count). The molecule has 0 aromatic heterocycles. The number of rotatable bonds is 6. The summed E-state index contributed by atoms with van der Waals surface area (Å²) >= 11 is 3.31. The number of nitrogens with zero attached hydrogens (tertiary/aromatic N) is 1. The Balaban J connectivity index is 1.83. The number of nitrogens with one attached hydrogen (secondary N) is 2. The molecule has 0 bridgehead atoms. The fourth-order valence-corrected chi connectivity index (χ4v) is 2.31. The zero-order valence-electron chi connectivity index (χ0n) is 13.4. The highest BCUT2D eigenvalue weighted by molar-refractivity contribution is 9.12. The van der Waals surface area contributed by atoms with Gasteiger partial charge < -0.3 is 5.32 Å². The summed E-state index contributed by atoms with van der Waals surface area (Å²) in [5, 5.41) is 6.40. The van der Waals surface area contributed by atoms with Crippen molar-refractivity contribution in [3.63, 3.8) is 0 Å². The van der Waals surface area contributed by atoms with Gasteiger partial charge in [-0.3, -0.25) is 4.79 Å². The van der Waals surface area contributed by atoms with Crippen LogP contribution in [-0.4, -0.2) is 18.7 Å². The number of allylic oxidation sites excluding steroid dienone is 1. The summed E-state index contributed by atoms with van der Waals surface area (Å²) in [7, 11) is 0. The van der Waals surface area contributed by atoms with Crippen LogP contribution in [0.2, 0.25) is 0 Å². The molecular formula is C18H15BrF3N3O. The fourth-order valence-electron chi connectivity index (χ4n) is 1.94. The highest BCUT2D eigenvalue weighted by Gasteiger charge is 2.30. The van der Waals surface area contributed by atoms with Crippen LogP contribution in [0, 0.1) is 0 Å². The molecule has 0 saturated heterocycles. The van der Waals surface area contributed by atoms with Crippen molar-refractivity contribution in [2.45, 2.75) is 6.18 Å². The standard InChI is InChI=1S/C18H15BrF3N3O/c19-15(9-13-5-2-1-3-6-13)11-24-25-17(26)12-23-16-8-4-7-14(10-16)18(20,21)22/h1-11,23H,12H2,(H,25,26)/b15-9-,24-11+. The van der Waals surface area contributed by atoms with Gasteiger partial charge in [-0.05, 0) is 45.8 Å². The topological polar surface area (TPSA) is 53.5 Å². The first kappa shape index (κ1) is 19.7. The first-order valence-electron chi connectivity index (χ1n) is 7.50. The van der Waals surface area contributed by atoms with E-state index in [4.69, 9.17) is 0 Å². The Kier molecular flexibility index (Phi) is 6.97. The number of benzene rings is 2. The number of hydrogen-bond acceptors (Lipinski definition) is 3. The Bertz CT molecular complexity index is 805. The van der Waals surface area contributed by atoms with Crippen molar-refractivity contribution in [3.05, 3.63) is 70.2 Å². The molecule has 0 spiro atoms. The van der Waals surface area contributed by atoms with E-state index in [1.54, 1.807) is 0 Å². The van der Waals surface area contributed by atoms with Gasteiger partial charge in [0.25, 0.3) is 5.91 Å². The predicted molar refractivity (Wildman–Crippen MR) is 99.9 cm³/mol. The van der Waals surface area contributed by atoms with E-state index in [1.807, 2.05) is 36.4 Å². The Hall–Kier alpha value is -2.61. The number of carbonyl (C=O) groups excluding carboxylic acids is 1. The SMILES string of the molecule is O=C(CNc1cccc(C(F)(F)F)c1)N/N=C/C(Br)=C/c1ccccc1. The molecule has 0 radical (unpaired) electrons. The molecule has 2 aromatic rings. The van der Waals surface area contributed by atoms with Gasteiger partial charge in [-0.2, -0.15) is 18.3 Å². The van der Waals surface area contributed by atoms with Crippen LogP contribution >= 0.6 is 15.9 Å². The van der Waals surface area contributed by atoms with Crippen LogP contribution in [0.4, 0.5) is 18.9 Å². The summed E-state index contributed by atoms with van der Waals surface area (Å²) in [6.45, 7) is -0.210. The van der Waals surface area contributed by atoms with Gasteiger partial charge in [-0.25, -0.2) is 5.43 Å². The molecule has 136 valence electrons. The van der Waals surface area contributed by atoms with E-state index in [0.29, 0.717) is 4.48 Å². The zero-order chi connectivity index (χ0) is 19.0. The molecule has 0 aliphatic carbocycles. The van der Waals surface area contributed by atoms with Crippen molar-refractivity contribution < 1.29 is 18.0 Å². The van der Waals surface area contributed by atoms with Gasteiger partial charge in [0, 0.05) is 10.2 Å². The number of hydrazone groups is 1. The molecule has 0 aliphatic rings. The number of hydrogen-bond donors (Lipinski definition) is 2. The predicted octanol–water partition coefficient (Wildman–Crippen LogP) is 4.66. The van der Waals surface area contributed by atoms with Crippen LogP contribution in [-0.2, 0) is 11.0 Å². The first-order chi connectivity index (χ1) is 12.3. The van der Waals surface area contributed by atoms with Gasteiger partial charge in [0.1, 0.15) is 0 Å². The third kappa shape index (κ3) is 6.72. The normalized spacial score (nSPS) is 12.2. The molecule has 0 fully saturated rings. The largest absolute Gasteiger partial charge is 0.416 e. The van der Waals surface area contributed by atoms with E-state index in [0.717, 1.165) is 17.7 Å². The third-order valence-corrected chi connectivity index (χ3v) is 3.56. The van der Waals surface area contributed by atoms with E-state index in [2.05, 4.69) is 31.8 Å². The minimum absolute atomic E-state index is 0.198. The van der Waals surface area contributed by atoms with Crippen LogP contribution in [0.1, 0.15) is 11.1 Å². The maximum absolute atomic E-state index is 12.6. The van der Waals surface area contributed by atoms with Gasteiger partial charge in [-0.1, -0.05) is 36.4 Å². The third-order valence-electron chi connectivity index (χ3n) is 3.12. The van der Waals surface area contributed by atoms with Gasteiger partial charge in [0.2, 0.25) is 0 Å². The Morgan fingerprint density at radius 2 is 1.85 bits per heavy atom. The molecule has 26 heavy (non-hydrogen) atoms. The summed E-state index contributed by atoms with van der Waals surface area (Å²) in [6.07, 6.45) is -1.20. The van der Waals surface area contributed by atoms with Crippen LogP contribution in [0.3, 0.4) is 0 Å². The van der Waals surface area contributed by atoms with Crippen LogP contribution in [0.25, 0.3) is 6.08 Å². The summed E-state index contributed by atoms with van der Waals surface area (Å²) in [4.78, 5) is 11.7. The molecule has 8 heteroatoms. The zero-order valence-corrected chi connectivity index (χ0v) is 15.0. The minimum Gasteiger partial charge on any atom is -0.376 e. The first-order valence-corrected chi connectivity index (χ1v) is 8.29. The number of alkyl halides is 3. The fraction of sp³-hybridized carbons (Fsp3) is 0.111. The van der Waals surface area contributed by atoms with E-state index >= 15 is 0 Å². The molecule has 0 atom stereocenters. The maximum Gasteiger partial charge on any atom is 0.416 e. The maximum atomic E-state index is 12.6. The molecular weight excluding hydrogens is 411 g/mol. The van der Waals surface area contributed by atoms with E-state index in [9.17, 15) is 18.0 Å². The van der Waals surface area contributed by atoms with Crippen molar-refractivity contribution in [2.24, 2.45) is 5.10 Å². The monoisotopic (exact) mass is 425 g/mol.